The van der Waals surface area contributed by atoms with Crippen molar-refractivity contribution >= 4 is 18.0 Å². The number of ether oxygens (including phenoxy) is 1. The Morgan fingerprint density at radius 3 is 2.31 bits per heavy atom. The molecule has 182 valence electrons. The highest BCUT2D eigenvalue weighted by Crippen LogP contribution is 2.51. The number of carbonyl (C=O) groups is 3. The Kier molecular flexibility index (Phi) is 5.31. The van der Waals surface area contributed by atoms with E-state index in [1.807, 2.05) is 24.3 Å². The van der Waals surface area contributed by atoms with Crippen molar-refractivity contribution in [2.24, 2.45) is 11.8 Å². The van der Waals surface area contributed by atoms with Gasteiger partial charge in [0.1, 0.15) is 12.1 Å². The molecule has 4 fully saturated rings. The summed E-state index contributed by atoms with van der Waals surface area (Å²) in [5.41, 5.74) is 3.71. The molecule has 0 spiro atoms. The SMILES string of the molecule is O=C(NC1CCCC(C(=O)N2CC3CC2(C(=O)O)C3)C1)OCC1c2ccccc2-c2ccccc21. The zero-order chi connectivity index (χ0) is 24.2. The van der Waals surface area contributed by atoms with E-state index in [-0.39, 0.29) is 30.4 Å². The highest BCUT2D eigenvalue weighted by atomic mass is 16.5. The third-order valence-electron chi connectivity index (χ3n) is 8.56. The molecule has 2 aromatic carbocycles. The number of carbonyl (C=O) groups excluding carboxylic acids is 2. The van der Waals surface area contributed by atoms with E-state index in [1.54, 1.807) is 4.90 Å². The zero-order valence-corrected chi connectivity index (χ0v) is 19.6. The van der Waals surface area contributed by atoms with Crippen LogP contribution in [0.2, 0.25) is 0 Å². The minimum absolute atomic E-state index is 0.00249. The Morgan fingerprint density at radius 2 is 1.66 bits per heavy atom. The molecule has 0 aromatic heterocycles. The first-order valence-corrected chi connectivity index (χ1v) is 12.6. The highest BCUT2D eigenvalue weighted by molar-refractivity contribution is 5.90. The van der Waals surface area contributed by atoms with E-state index in [1.165, 1.54) is 22.3 Å². The third kappa shape index (κ3) is 3.60. The lowest BCUT2D eigenvalue weighted by Gasteiger charge is -2.40. The fraction of sp³-hybridized carbons (Fsp3) is 0.464. The average Bonchev–Trinajstić information content (AvgIpc) is 3.51. The monoisotopic (exact) mass is 474 g/mol. The normalized spacial score (nSPS) is 28.6. The van der Waals surface area contributed by atoms with Gasteiger partial charge in [0.25, 0.3) is 0 Å². The number of carboxylic acid groups (broad SMARTS) is 1. The Labute approximate surface area is 204 Å². The van der Waals surface area contributed by atoms with Gasteiger partial charge in [-0.15, -0.1) is 0 Å². The Bertz CT molecular complexity index is 1140. The van der Waals surface area contributed by atoms with Crippen LogP contribution < -0.4 is 5.32 Å². The van der Waals surface area contributed by atoms with Crippen molar-refractivity contribution < 1.29 is 24.2 Å². The van der Waals surface area contributed by atoms with E-state index >= 15 is 0 Å². The number of benzene rings is 2. The zero-order valence-electron chi connectivity index (χ0n) is 19.6. The first-order chi connectivity index (χ1) is 17.0. The van der Waals surface area contributed by atoms with Crippen LogP contribution in [0.5, 0.6) is 0 Å². The van der Waals surface area contributed by atoms with Gasteiger partial charge >= 0.3 is 12.1 Å². The summed E-state index contributed by atoms with van der Waals surface area (Å²) in [6, 6.07) is 16.3. The molecule has 2 saturated heterocycles. The van der Waals surface area contributed by atoms with Crippen LogP contribution in [-0.4, -0.2) is 52.7 Å². The standard InChI is InChI=1S/C28H30N2O5/c31-25(30-15-17-13-28(30,14-17)26(32)33)18-6-5-7-19(12-18)29-27(34)35-16-24-22-10-3-1-8-20(22)21-9-2-4-11-23(21)24/h1-4,8-11,17-19,24H,5-7,12-16H2,(H,29,34)(H,32,33). The number of hydrogen-bond acceptors (Lipinski definition) is 4. The second kappa shape index (κ2) is 8.40. The maximum absolute atomic E-state index is 13.2. The maximum atomic E-state index is 13.2. The van der Waals surface area contributed by atoms with Crippen LogP contribution in [0.3, 0.4) is 0 Å². The maximum Gasteiger partial charge on any atom is 0.407 e. The molecule has 7 rings (SSSR count). The van der Waals surface area contributed by atoms with Crippen molar-refractivity contribution in [2.75, 3.05) is 13.2 Å². The second-order valence-corrected chi connectivity index (χ2v) is 10.6. The van der Waals surface area contributed by atoms with Crippen molar-refractivity contribution in [3.8, 4) is 11.1 Å². The lowest BCUT2D eigenvalue weighted by atomic mass is 9.73. The molecule has 2 aliphatic heterocycles. The van der Waals surface area contributed by atoms with Gasteiger partial charge in [-0.2, -0.15) is 0 Å². The van der Waals surface area contributed by atoms with Gasteiger partial charge in [0.2, 0.25) is 5.91 Å². The van der Waals surface area contributed by atoms with Gasteiger partial charge in [0.15, 0.2) is 0 Å². The lowest BCUT2D eigenvalue weighted by Crippen LogP contribution is -2.56. The van der Waals surface area contributed by atoms with Crippen molar-refractivity contribution in [1.82, 2.24) is 10.2 Å². The largest absolute Gasteiger partial charge is 0.479 e. The van der Waals surface area contributed by atoms with Gasteiger partial charge in [0.05, 0.1) is 0 Å². The molecule has 2 heterocycles. The minimum Gasteiger partial charge on any atom is -0.479 e. The van der Waals surface area contributed by atoms with Crippen LogP contribution in [0.15, 0.2) is 48.5 Å². The van der Waals surface area contributed by atoms with Crippen LogP contribution in [-0.2, 0) is 14.3 Å². The van der Waals surface area contributed by atoms with Gasteiger partial charge < -0.3 is 20.1 Å². The molecular weight excluding hydrogens is 444 g/mol. The van der Waals surface area contributed by atoms with E-state index in [4.69, 9.17) is 4.74 Å². The summed E-state index contributed by atoms with van der Waals surface area (Å²) in [5.74, 6) is -0.885. The number of fused-ring (bicyclic) bond motifs is 4. The second-order valence-electron chi connectivity index (χ2n) is 10.6. The van der Waals surface area contributed by atoms with Gasteiger partial charge in [-0.1, -0.05) is 55.0 Å². The predicted molar refractivity (Wildman–Crippen MR) is 129 cm³/mol. The summed E-state index contributed by atoms with van der Waals surface area (Å²) in [4.78, 5) is 39.4. The van der Waals surface area contributed by atoms with E-state index in [0.29, 0.717) is 31.7 Å². The lowest BCUT2D eigenvalue weighted by molar-refractivity contribution is -0.160. The molecule has 2 unspecified atom stereocenters. The van der Waals surface area contributed by atoms with Crippen LogP contribution >= 0.6 is 0 Å². The fourth-order valence-corrected chi connectivity index (χ4v) is 6.84. The molecule has 7 heteroatoms. The van der Waals surface area contributed by atoms with Crippen molar-refractivity contribution in [1.29, 1.82) is 0 Å². The number of aliphatic carboxylic acids is 1. The fourth-order valence-electron chi connectivity index (χ4n) is 6.84. The van der Waals surface area contributed by atoms with Gasteiger partial charge in [-0.05, 0) is 60.3 Å². The highest BCUT2D eigenvalue weighted by Gasteiger charge is 2.63. The Hall–Kier alpha value is -3.35. The number of rotatable bonds is 5. The molecular formula is C28H30N2O5. The number of hydrogen-bond donors (Lipinski definition) is 2. The Morgan fingerprint density at radius 1 is 1.00 bits per heavy atom. The van der Waals surface area contributed by atoms with E-state index in [0.717, 1.165) is 19.3 Å². The van der Waals surface area contributed by atoms with Gasteiger partial charge in [0, 0.05) is 24.4 Å². The van der Waals surface area contributed by atoms with E-state index in [9.17, 15) is 19.5 Å². The van der Waals surface area contributed by atoms with Crippen LogP contribution in [0.25, 0.3) is 11.1 Å². The minimum atomic E-state index is -0.991. The third-order valence-corrected chi connectivity index (χ3v) is 8.56. The summed E-state index contributed by atoms with van der Waals surface area (Å²) in [7, 11) is 0. The molecule has 2 atom stereocenters. The van der Waals surface area contributed by atoms with Crippen LogP contribution in [0, 0.1) is 11.8 Å². The van der Waals surface area contributed by atoms with Crippen LogP contribution in [0.4, 0.5) is 4.79 Å². The molecule has 3 aliphatic carbocycles. The van der Waals surface area contributed by atoms with Crippen molar-refractivity contribution in [3.63, 3.8) is 0 Å². The number of carboxylic acids is 1. The molecule has 2 bridgehead atoms. The number of alkyl carbamates (subject to hydrolysis) is 1. The molecule has 35 heavy (non-hydrogen) atoms. The summed E-state index contributed by atoms with van der Waals surface area (Å²) >= 11 is 0. The summed E-state index contributed by atoms with van der Waals surface area (Å²) in [5, 5.41) is 12.7. The van der Waals surface area contributed by atoms with Crippen molar-refractivity contribution in [2.45, 2.75) is 56.0 Å². The van der Waals surface area contributed by atoms with E-state index in [2.05, 4.69) is 29.6 Å². The first kappa shape index (κ1) is 22.1. The van der Waals surface area contributed by atoms with Crippen molar-refractivity contribution in [3.05, 3.63) is 59.7 Å². The van der Waals surface area contributed by atoms with Gasteiger partial charge in [-0.3, -0.25) is 4.79 Å². The molecule has 5 aliphatic rings. The summed E-state index contributed by atoms with van der Waals surface area (Å²) < 4.78 is 5.69. The molecule has 2 amide bonds. The summed E-state index contributed by atoms with van der Waals surface area (Å²) in [6.07, 6.45) is 3.56. The molecule has 2 saturated carbocycles. The predicted octanol–water partition coefficient (Wildman–Crippen LogP) is 4.16. The number of amides is 2. The number of nitrogens with zero attached hydrogens (tertiary/aromatic N) is 1. The average molecular weight is 475 g/mol. The topological polar surface area (TPSA) is 95.9 Å². The Balaban J connectivity index is 1.07. The van der Waals surface area contributed by atoms with E-state index < -0.39 is 17.6 Å². The number of nitrogens with one attached hydrogen (secondary N) is 1. The van der Waals surface area contributed by atoms with Crippen LogP contribution in [0.1, 0.15) is 55.6 Å². The quantitative estimate of drug-likeness (QED) is 0.679. The molecule has 7 nitrogen and oxygen atoms in total. The summed E-state index contributed by atoms with van der Waals surface area (Å²) in [6.45, 7) is 0.803. The van der Waals surface area contributed by atoms with Gasteiger partial charge in [-0.25, -0.2) is 9.59 Å². The smallest absolute Gasteiger partial charge is 0.407 e. The first-order valence-electron chi connectivity index (χ1n) is 12.6. The molecule has 2 N–H and O–H groups in total. The molecule has 2 aromatic rings. The molecule has 0 radical (unpaired) electrons.